The Labute approximate surface area is 169 Å². The van der Waals surface area contributed by atoms with Crippen LogP contribution in [0.3, 0.4) is 0 Å². The van der Waals surface area contributed by atoms with E-state index in [2.05, 4.69) is 10.3 Å². The van der Waals surface area contributed by atoms with Gasteiger partial charge in [-0.2, -0.15) is 4.98 Å². The SMILES string of the molecule is CS(=O)(=O)N1CC2C(C1)C2Nc1ncc2ccc(=O)n([C@H]3CCCC34CC4)c2n1. The zero-order valence-corrected chi connectivity index (χ0v) is 17.2. The topological polar surface area (TPSA) is 97.2 Å². The maximum Gasteiger partial charge on any atom is 0.252 e. The summed E-state index contributed by atoms with van der Waals surface area (Å²) in [6.45, 7) is 1.12. The highest BCUT2D eigenvalue weighted by molar-refractivity contribution is 7.88. The van der Waals surface area contributed by atoms with E-state index in [1.54, 1.807) is 16.6 Å². The molecule has 1 saturated heterocycles. The molecule has 6 rings (SSSR count). The van der Waals surface area contributed by atoms with Crippen LogP contribution in [0.4, 0.5) is 5.95 Å². The Bertz CT molecular complexity index is 1160. The molecule has 9 heteroatoms. The van der Waals surface area contributed by atoms with Crippen molar-refractivity contribution in [2.75, 3.05) is 24.7 Å². The number of rotatable bonds is 4. The lowest BCUT2D eigenvalue weighted by Crippen LogP contribution is -2.33. The predicted molar refractivity (Wildman–Crippen MR) is 109 cm³/mol. The van der Waals surface area contributed by atoms with Crippen LogP contribution in [0.2, 0.25) is 0 Å². The van der Waals surface area contributed by atoms with Crippen molar-refractivity contribution >= 4 is 27.0 Å². The standard InChI is InChI=1S/C20H25N5O3S/c1-29(27,28)24-10-13-14(11-24)17(13)22-19-21-9-12-4-5-16(26)25(18(12)23-19)15-3-2-6-20(15)7-8-20/h4-5,9,13-15,17H,2-3,6-8,10-11H2,1H3,(H,21,22,23)/t13?,14?,15-,17?/m0/s1. The third kappa shape index (κ3) is 2.73. The zero-order valence-electron chi connectivity index (χ0n) is 16.4. The van der Waals surface area contributed by atoms with Crippen LogP contribution < -0.4 is 10.9 Å². The molecule has 8 nitrogen and oxygen atoms in total. The lowest BCUT2D eigenvalue weighted by atomic mass is 10.00. The predicted octanol–water partition coefficient (Wildman–Crippen LogP) is 1.60. The van der Waals surface area contributed by atoms with E-state index in [9.17, 15) is 13.2 Å². The minimum atomic E-state index is -3.12. The fourth-order valence-corrected chi connectivity index (χ4v) is 6.68. The highest BCUT2D eigenvalue weighted by Crippen LogP contribution is 2.63. The highest BCUT2D eigenvalue weighted by atomic mass is 32.2. The number of nitrogens with zero attached hydrogens (tertiary/aromatic N) is 4. The van der Waals surface area contributed by atoms with Crippen LogP contribution in [0, 0.1) is 17.3 Å². The third-order valence-electron chi connectivity index (χ3n) is 7.66. The number of sulfonamides is 1. The molecule has 154 valence electrons. The van der Waals surface area contributed by atoms with Crippen molar-refractivity contribution < 1.29 is 8.42 Å². The fourth-order valence-electron chi connectivity index (χ4n) is 5.80. The van der Waals surface area contributed by atoms with E-state index >= 15 is 0 Å². The van der Waals surface area contributed by atoms with Crippen LogP contribution in [-0.4, -0.2) is 52.6 Å². The molecule has 3 atom stereocenters. The van der Waals surface area contributed by atoms with Gasteiger partial charge in [-0.3, -0.25) is 9.36 Å². The quantitative estimate of drug-likeness (QED) is 0.815. The van der Waals surface area contributed by atoms with Gasteiger partial charge in [0.1, 0.15) is 5.65 Å². The van der Waals surface area contributed by atoms with Crippen molar-refractivity contribution in [3.8, 4) is 0 Å². The first-order valence-electron chi connectivity index (χ1n) is 10.5. The van der Waals surface area contributed by atoms with E-state index in [0.717, 1.165) is 17.5 Å². The molecule has 0 bridgehead atoms. The molecule has 0 aromatic carbocycles. The summed E-state index contributed by atoms with van der Waals surface area (Å²) in [4.78, 5) is 22.0. The van der Waals surface area contributed by atoms with Gasteiger partial charge in [-0.15, -0.1) is 0 Å². The Morgan fingerprint density at radius 2 is 1.93 bits per heavy atom. The number of piperidine rings is 1. The van der Waals surface area contributed by atoms with Crippen molar-refractivity contribution in [3.05, 3.63) is 28.7 Å². The van der Waals surface area contributed by atoms with Crippen LogP contribution in [0.5, 0.6) is 0 Å². The molecule has 0 amide bonds. The average Bonchev–Trinajstić information content (AvgIpc) is 3.44. The minimum Gasteiger partial charge on any atom is -0.351 e. The van der Waals surface area contributed by atoms with E-state index in [-0.39, 0.29) is 17.6 Å². The summed E-state index contributed by atoms with van der Waals surface area (Å²) >= 11 is 0. The molecule has 1 N–H and O–H groups in total. The van der Waals surface area contributed by atoms with Gasteiger partial charge in [0, 0.05) is 42.8 Å². The lowest BCUT2D eigenvalue weighted by molar-refractivity contribution is 0.358. The van der Waals surface area contributed by atoms with E-state index in [1.807, 2.05) is 10.6 Å². The first-order valence-corrected chi connectivity index (χ1v) is 12.3. The molecule has 3 saturated carbocycles. The lowest BCUT2D eigenvalue weighted by Gasteiger charge is -2.23. The van der Waals surface area contributed by atoms with Crippen molar-refractivity contribution in [2.24, 2.45) is 17.3 Å². The first-order chi connectivity index (χ1) is 13.9. The molecule has 4 fully saturated rings. The zero-order chi connectivity index (χ0) is 20.0. The summed E-state index contributed by atoms with van der Waals surface area (Å²) in [5.74, 6) is 1.16. The maximum absolute atomic E-state index is 12.8. The number of anilines is 1. The van der Waals surface area contributed by atoms with Crippen molar-refractivity contribution in [1.82, 2.24) is 18.8 Å². The Morgan fingerprint density at radius 1 is 1.17 bits per heavy atom. The number of pyridine rings is 1. The number of fused-ring (bicyclic) bond motifs is 2. The van der Waals surface area contributed by atoms with Gasteiger partial charge in [-0.25, -0.2) is 17.7 Å². The second kappa shape index (κ2) is 5.78. The van der Waals surface area contributed by atoms with Crippen LogP contribution in [0.25, 0.3) is 11.0 Å². The number of hydrogen-bond acceptors (Lipinski definition) is 6. The van der Waals surface area contributed by atoms with Gasteiger partial charge >= 0.3 is 0 Å². The van der Waals surface area contributed by atoms with E-state index in [1.165, 1.54) is 31.9 Å². The van der Waals surface area contributed by atoms with E-state index < -0.39 is 10.0 Å². The number of nitrogens with one attached hydrogen (secondary N) is 1. The maximum atomic E-state index is 12.8. The number of hydrogen-bond donors (Lipinski definition) is 1. The molecule has 1 spiro atoms. The van der Waals surface area contributed by atoms with Gasteiger partial charge in [0.15, 0.2) is 0 Å². The molecule has 29 heavy (non-hydrogen) atoms. The Hall–Kier alpha value is -2.00. The fraction of sp³-hybridized carbons (Fsp3) is 0.650. The smallest absolute Gasteiger partial charge is 0.252 e. The van der Waals surface area contributed by atoms with Gasteiger partial charge in [0.2, 0.25) is 16.0 Å². The third-order valence-corrected chi connectivity index (χ3v) is 8.89. The summed E-state index contributed by atoms with van der Waals surface area (Å²) in [6.07, 6.45) is 8.89. The van der Waals surface area contributed by atoms with Crippen LogP contribution in [0.15, 0.2) is 23.1 Å². The molecule has 0 radical (unpaired) electrons. The molecule has 2 aromatic heterocycles. The summed E-state index contributed by atoms with van der Waals surface area (Å²) in [5, 5.41) is 4.28. The summed E-state index contributed by atoms with van der Waals surface area (Å²) in [5.41, 5.74) is 1.04. The van der Waals surface area contributed by atoms with E-state index in [0.29, 0.717) is 36.3 Å². The minimum absolute atomic E-state index is 0.0208. The molecule has 4 aliphatic rings. The molecule has 3 aliphatic carbocycles. The van der Waals surface area contributed by atoms with Gasteiger partial charge < -0.3 is 5.32 Å². The largest absolute Gasteiger partial charge is 0.351 e. The monoisotopic (exact) mass is 415 g/mol. The molecule has 2 unspecified atom stereocenters. The van der Waals surface area contributed by atoms with E-state index in [4.69, 9.17) is 4.98 Å². The van der Waals surface area contributed by atoms with Gasteiger partial charge in [0.05, 0.1) is 6.26 Å². The molecular weight excluding hydrogens is 390 g/mol. The molecule has 2 aromatic rings. The Kier molecular flexibility index (Phi) is 3.56. The van der Waals surface area contributed by atoms with Crippen LogP contribution in [-0.2, 0) is 10.0 Å². The Morgan fingerprint density at radius 3 is 2.62 bits per heavy atom. The second-order valence-electron chi connectivity index (χ2n) is 9.36. The van der Waals surface area contributed by atoms with Crippen molar-refractivity contribution in [3.63, 3.8) is 0 Å². The molecular formula is C20H25N5O3S. The molecule has 1 aliphatic heterocycles. The van der Waals surface area contributed by atoms with Crippen LogP contribution >= 0.6 is 0 Å². The Balaban J connectivity index is 1.29. The van der Waals surface area contributed by atoms with Crippen molar-refractivity contribution in [2.45, 2.75) is 44.2 Å². The summed E-state index contributed by atoms with van der Waals surface area (Å²) in [6, 6.07) is 3.89. The van der Waals surface area contributed by atoms with Crippen LogP contribution in [0.1, 0.15) is 38.1 Å². The summed E-state index contributed by atoms with van der Waals surface area (Å²) < 4.78 is 26.9. The first kappa shape index (κ1) is 17.8. The highest BCUT2D eigenvalue weighted by Gasteiger charge is 2.58. The van der Waals surface area contributed by atoms with Gasteiger partial charge in [-0.05, 0) is 49.0 Å². The van der Waals surface area contributed by atoms with Crippen molar-refractivity contribution in [1.29, 1.82) is 0 Å². The van der Waals surface area contributed by atoms with Gasteiger partial charge in [-0.1, -0.05) is 6.42 Å². The average molecular weight is 416 g/mol. The molecule has 3 heterocycles. The van der Waals surface area contributed by atoms with Gasteiger partial charge in [0.25, 0.3) is 5.56 Å². The summed E-state index contributed by atoms with van der Waals surface area (Å²) in [7, 11) is -3.12. The normalized spacial score (nSPS) is 32.6. The number of aromatic nitrogens is 3. The second-order valence-corrected chi connectivity index (χ2v) is 11.3.